The van der Waals surface area contributed by atoms with Crippen molar-refractivity contribution in [3.05, 3.63) is 60.2 Å². The van der Waals surface area contributed by atoms with E-state index < -0.39 is 0 Å². The molecule has 1 aliphatic rings. The first-order valence-corrected chi connectivity index (χ1v) is 9.09. The molecule has 5 heteroatoms. The van der Waals surface area contributed by atoms with Crippen molar-refractivity contribution in [2.45, 2.75) is 44.7 Å². The summed E-state index contributed by atoms with van der Waals surface area (Å²) >= 11 is 0. The summed E-state index contributed by atoms with van der Waals surface area (Å²) in [4.78, 5) is 12.2. The molecule has 1 saturated carbocycles. The summed E-state index contributed by atoms with van der Waals surface area (Å²) in [5, 5.41) is 6.45. The number of nitrogens with one attached hydrogen (secondary N) is 2. The molecule has 0 heterocycles. The van der Waals surface area contributed by atoms with Crippen molar-refractivity contribution in [1.82, 2.24) is 0 Å². The second-order valence-corrected chi connectivity index (χ2v) is 6.96. The summed E-state index contributed by atoms with van der Waals surface area (Å²) in [6.45, 7) is 2.13. The van der Waals surface area contributed by atoms with Gasteiger partial charge in [-0.3, -0.25) is 4.79 Å². The Morgan fingerprint density at radius 3 is 2.35 bits per heavy atom. The maximum absolute atomic E-state index is 12.2. The van der Waals surface area contributed by atoms with Crippen LogP contribution in [0.4, 0.5) is 11.4 Å². The van der Waals surface area contributed by atoms with E-state index in [2.05, 4.69) is 29.7 Å². The smallest absolute Gasteiger partial charge is 0.224 e. The summed E-state index contributed by atoms with van der Waals surface area (Å²) < 4.78 is 0. The number of carbonyl (C=O) groups is 1. The van der Waals surface area contributed by atoms with Gasteiger partial charge in [0.2, 0.25) is 5.91 Å². The van der Waals surface area contributed by atoms with E-state index in [0.29, 0.717) is 12.3 Å². The van der Waals surface area contributed by atoms with Gasteiger partial charge in [0, 0.05) is 29.9 Å². The Morgan fingerprint density at radius 1 is 1.08 bits per heavy atom. The van der Waals surface area contributed by atoms with Crippen LogP contribution in [0.2, 0.25) is 0 Å². The molecule has 4 N–H and O–H groups in total. The van der Waals surface area contributed by atoms with E-state index >= 15 is 0 Å². The quantitative estimate of drug-likeness (QED) is 0.685. The molecule has 1 aliphatic carbocycles. The van der Waals surface area contributed by atoms with Crippen LogP contribution < -0.4 is 16.4 Å². The van der Waals surface area contributed by atoms with Gasteiger partial charge < -0.3 is 16.4 Å². The fraction of sp³-hybridized carbons (Fsp3) is 0.381. The van der Waals surface area contributed by atoms with Crippen LogP contribution in [0.25, 0.3) is 0 Å². The monoisotopic (exact) mass is 373 g/mol. The van der Waals surface area contributed by atoms with Gasteiger partial charge in [0.25, 0.3) is 0 Å². The Hall–Kier alpha value is -2.04. The Kier molecular flexibility index (Phi) is 7.49. The van der Waals surface area contributed by atoms with Gasteiger partial charge in [-0.25, -0.2) is 0 Å². The van der Waals surface area contributed by atoms with Gasteiger partial charge in [0.1, 0.15) is 0 Å². The lowest BCUT2D eigenvalue weighted by atomic mass is 10.00. The fourth-order valence-corrected chi connectivity index (χ4v) is 3.49. The van der Waals surface area contributed by atoms with E-state index in [1.165, 1.54) is 5.56 Å². The molecule has 0 aromatic heterocycles. The molecule has 3 rings (SSSR count). The zero-order valence-electron chi connectivity index (χ0n) is 15.2. The van der Waals surface area contributed by atoms with Crippen LogP contribution in [-0.4, -0.2) is 11.9 Å². The van der Waals surface area contributed by atoms with Crippen molar-refractivity contribution in [2.75, 3.05) is 10.6 Å². The third-order valence-corrected chi connectivity index (χ3v) is 5.02. The molecule has 1 amide bonds. The van der Waals surface area contributed by atoms with Crippen LogP contribution in [-0.2, 0) is 4.79 Å². The molecule has 0 bridgehead atoms. The van der Waals surface area contributed by atoms with Crippen LogP contribution in [0.1, 0.15) is 44.2 Å². The summed E-state index contributed by atoms with van der Waals surface area (Å²) in [5.41, 5.74) is 9.15. The molecule has 0 saturated heterocycles. The van der Waals surface area contributed by atoms with Crippen molar-refractivity contribution in [3.8, 4) is 0 Å². The normalized spacial score (nSPS) is 20.1. The molecule has 0 radical (unpaired) electrons. The van der Waals surface area contributed by atoms with Crippen LogP contribution in [0.3, 0.4) is 0 Å². The minimum absolute atomic E-state index is 0. The summed E-state index contributed by atoms with van der Waals surface area (Å²) in [6, 6.07) is 18.6. The molecule has 140 valence electrons. The third-order valence-electron chi connectivity index (χ3n) is 5.02. The van der Waals surface area contributed by atoms with E-state index in [9.17, 15) is 4.79 Å². The number of nitrogens with two attached hydrogens (primary N) is 1. The Morgan fingerprint density at radius 2 is 1.73 bits per heavy atom. The molecule has 4 nitrogen and oxygen atoms in total. The van der Waals surface area contributed by atoms with Crippen molar-refractivity contribution >= 4 is 29.7 Å². The average molecular weight is 374 g/mol. The molecule has 0 aliphatic heterocycles. The van der Waals surface area contributed by atoms with E-state index in [4.69, 9.17) is 5.73 Å². The SMILES string of the molecule is CC(Nc1ccc(NC(=O)C[C@@H]2CCC[C@H]2N)cc1)c1ccccc1.Cl. The van der Waals surface area contributed by atoms with Crippen molar-refractivity contribution in [2.24, 2.45) is 11.7 Å². The van der Waals surface area contributed by atoms with Crippen LogP contribution >= 0.6 is 12.4 Å². The highest BCUT2D eigenvalue weighted by Crippen LogP contribution is 2.27. The van der Waals surface area contributed by atoms with Gasteiger partial charge in [0.15, 0.2) is 0 Å². The molecule has 2 aromatic carbocycles. The zero-order chi connectivity index (χ0) is 17.6. The standard InChI is InChI=1S/C21H27N3O.ClH/c1-15(16-6-3-2-4-7-16)23-18-10-12-19(13-11-18)24-21(25)14-17-8-5-9-20(17)22;/h2-4,6-7,10-13,15,17,20,23H,5,8-9,14,22H2,1H3,(H,24,25);1H/t15?,17-,20+;/m0./s1. The first-order valence-electron chi connectivity index (χ1n) is 9.09. The fourth-order valence-electron chi connectivity index (χ4n) is 3.49. The highest BCUT2D eigenvalue weighted by molar-refractivity contribution is 5.91. The second-order valence-electron chi connectivity index (χ2n) is 6.96. The maximum atomic E-state index is 12.2. The molecular formula is C21H28ClN3O. The number of hydrogen-bond acceptors (Lipinski definition) is 3. The molecule has 26 heavy (non-hydrogen) atoms. The van der Waals surface area contributed by atoms with Gasteiger partial charge in [-0.15, -0.1) is 12.4 Å². The van der Waals surface area contributed by atoms with Gasteiger partial charge in [-0.05, 0) is 55.5 Å². The van der Waals surface area contributed by atoms with E-state index in [1.807, 2.05) is 42.5 Å². The van der Waals surface area contributed by atoms with Gasteiger partial charge in [0.05, 0.1) is 0 Å². The van der Waals surface area contributed by atoms with Crippen molar-refractivity contribution in [3.63, 3.8) is 0 Å². The van der Waals surface area contributed by atoms with Gasteiger partial charge in [-0.2, -0.15) is 0 Å². The molecule has 2 aromatic rings. The Bertz CT molecular complexity index is 690. The number of anilines is 2. The zero-order valence-corrected chi connectivity index (χ0v) is 16.0. The third kappa shape index (κ3) is 5.48. The summed E-state index contributed by atoms with van der Waals surface area (Å²) in [7, 11) is 0. The lowest BCUT2D eigenvalue weighted by molar-refractivity contribution is -0.117. The summed E-state index contributed by atoms with van der Waals surface area (Å²) in [5.74, 6) is 0.383. The van der Waals surface area contributed by atoms with Gasteiger partial charge in [-0.1, -0.05) is 36.8 Å². The minimum atomic E-state index is 0. The number of benzene rings is 2. The largest absolute Gasteiger partial charge is 0.379 e. The van der Waals surface area contributed by atoms with E-state index in [0.717, 1.165) is 30.6 Å². The van der Waals surface area contributed by atoms with Crippen LogP contribution in [0.15, 0.2) is 54.6 Å². The number of amides is 1. The molecule has 1 unspecified atom stereocenters. The molecule has 1 fully saturated rings. The predicted molar refractivity (Wildman–Crippen MR) is 111 cm³/mol. The van der Waals surface area contributed by atoms with E-state index in [1.54, 1.807) is 0 Å². The average Bonchev–Trinajstić information content (AvgIpc) is 3.02. The highest BCUT2D eigenvalue weighted by Gasteiger charge is 2.25. The number of hydrogen-bond donors (Lipinski definition) is 3. The lowest BCUT2D eigenvalue weighted by Crippen LogP contribution is -2.28. The minimum Gasteiger partial charge on any atom is -0.379 e. The predicted octanol–water partition coefficient (Wildman–Crippen LogP) is 4.74. The number of rotatable bonds is 6. The summed E-state index contributed by atoms with van der Waals surface area (Å²) in [6.07, 6.45) is 3.76. The number of halogens is 1. The maximum Gasteiger partial charge on any atom is 0.224 e. The first kappa shape index (κ1) is 20.3. The second kappa shape index (κ2) is 9.60. The van der Waals surface area contributed by atoms with Gasteiger partial charge >= 0.3 is 0 Å². The highest BCUT2D eigenvalue weighted by atomic mass is 35.5. The lowest BCUT2D eigenvalue weighted by Gasteiger charge is -2.17. The Labute approximate surface area is 162 Å². The van der Waals surface area contributed by atoms with Crippen LogP contribution in [0.5, 0.6) is 0 Å². The van der Waals surface area contributed by atoms with E-state index in [-0.39, 0.29) is 30.4 Å². The number of carbonyl (C=O) groups excluding carboxylic acids is 1. The molecular weight excluding hydrogens is 346 g/mol. The molecule has 0 spiro atoms. The Balaban J connectivity index is 0.00000243. The first-order chi connectivity index (χ1) is 12.1. The van der Waals surface area contributed by atoms with Crippen molar-refractivity contribution < 1.29 is 4.79 Å². The molecule has 3 atom stereocenters. The van der Waals surface area contributed by atoms with Crippen LogP contribution in [0, 0.1) is 5.92 Å². The van der Waals surface area contributed by atoms with Crippen molar-refractivity contribution in [1.29, 1.82) is 0 Å². The topological polar surface area (TPSA) is 67.1 Å².